The molecule has 1 aromatic heterocycles. The average molecular weight is 406 g/mol. The first-order valence-corrected chi connectivity index (χ1v) is 7.92. The van der Waals surface area contributed by atoms with Gasteiger partial charge in [0, 0.05) is 5.56 Å². The van der Waals surface area contributed by atoms with E-state index in [2.05, 4.69) is 0 Å². The number of ether oxygens (including phenoxy) is 1. The van der Waals surface area contributed by atoms with E-state index in [0.717, 1.165) is 0 Å². The number of nitrogens with zero attached hydrogens (tertiary/aromatic N) is 1. The third-order valence-corrected chi connectivity index (χ3v) is 4.51. The first-order valence-electron chi connectivity index (χ1n) is 7.92. The van der Waals surface area contributed by atoms with E-state index >= 15 is 0 Å². The van der Waals surface area contributed by atoms with Crippen molar-refractivity contribution in [3.63, 3.8) is 0 Å². The van der Waals surface area contributed by atoms with Crippen LogP contribution in [0.15, 0.2) is 44.9 Å². The third kappa shape index (κ3) is 2.47. The van der Waals surface area contributed by atoms with Gasteiger partial charge in [0.1, 0.15) is 17.2 Å². The second-order valence-electron chi connectivity index (χ2n) is 6.04. The number of para-hydroxylation sites is 1. The van der Waals surface area contributed by atoms with Gasteiger partial charge in [-0.15, -0.1) is 0 Å². The van der Waals surface area contributed by atoms with Crippen LogP contribution in [-0.2, 0) is 0 Å². The molecule has 2 N–H and O–H groups in total. The highest BCUT2D eigenvalue weighted by Gasteiger charge is 2.41. The third-order valence-electron chi connectivity index (χ3n) is 4.51. The van der Waals surface area contributed by atoms with Crippen LogP contribution >= 0.6 is 0 Å². The molecule has 1 aliphatic heterocycles. The minimum atomic E-state index is -2.38. The van der Waals surface area contributed by atoms with Crippen molar-refractivity contribution in [3.8, 4) is 11.8 Å². The second kappa shape index (κ2) is 6.34. The summed E-state index contributed by atoms with van der Waals surface area (Å²) in [5, 5.41) is 9.54. The van der Waals surface area contributed by atoms with Crippen LogP contribution in [0, 0.1) is 40.4 Å². The molecule has 0 aliphatic carbocycles. The molecule has 1 aliphatic rings. The lowest BCUT2D eigenvalue weighted by Crippen LogP contribution is -2.28. The predicted octanol–water partition coefficient (Wildman–Crippen LogP) is 3.71. The number of hydrogen-bond acceptors (Lipinski definition) is 5. The van der Waals surface area contributed by atoms with Crippen LogP contribution in [0.1, 0.15) is 17.0 Å². The highest BCUT2D eigenvalue weighted by molar-refractivity contribution is 5.86. The molecule has 29 heavy (non-hydrogen) atoms. The summed E-state index contributed by atoms with van der Waals surface area (Å²) < 4.78 is 80.4. The van der Waals surface area contributed by atoms with Crippen LogP contribution in [0.4, 0.5) is 22.0 Å². The van der Waals surface area contributed by atoms with Gasteiger partial charge in [0.25, 0.3) is 0 Å². The largest absolute Gasteiger partial charge is 0.439 e. The SMILES string of the molecule is N#CC1=C(N)Oc2c(c(=O)oc3ccccc23)C1c1c(F)c(F)c(F)c(F)c1F. The maximum absolute atomic E-state index is 14.5. The van der Waals surface area contributed by atoms with Crippen LogP contribution in [0.5, 0.6) is 5.75 Å². The summed E-state index contributed by atoms with van der Waals surface area (Å²) in [7, 11) is 0. The smallest absolute Gasteiger partial charge is 0.344 e. The van der Waals surface area contributed by atoms with E-state index in [1.54, 1.807) is 0 Å². The zero-order valence-electron chi connectivity index (χ0n) is 14.0. The van der Waals surface area contributed by atoms with E-state index in [-0.39, 0.29) is 16.7 Å². The zero-order chi connectivity index (χ0) is 21.0. The summed E-state index contributed by atoms with van der Waals surface area (Å²) in [6.45, 7) is 0. The van der Waals surface area contributed by atoms with Crippen LogP contribution in [-0.4, -0.2) is 0 Å². The second-order valence-corrected chi connectivity index (χ2v) is 6.04. The summed E-state index contributed by atoms with van der Waals surface area (Å²) in [5.74, 6) is -14.2. The quantitative estimate of drug-likeness (QED) is 0.288. The van der Waals surface area contributed by atoms with Gasteiger partial charge >= 0.3 is 5.63 Å². The fourth-order valence-corrected chi connectivity index (χ4v) is 3.23. The summed E-state index contributed by atoms with van der Waals surface area (Å²) in [4.78, 5) is 12.6. The number of nitriles is 1. The summed E-state index contributed by atoms with van der Waals surface area (Å²) in [6, 6.07) is 7.38. The molecule has 0 radical (unpaired) electrons. The monoisotopic (exact) mass is 406 g/mol. The van der Waals surface area contributed by atoms with Crippen LogP contribution in [0.3, 0.4) is 0 Å². The number of benzene rings is 2. The predicted molar refractivity (Wildman–Crippen MR) is 88.0 cm³/mol. The molecule has 4 rings (SSSR count). The lowest BCUT2D eigenvalue weighted by molar-refractivity contribution is 0.358. The Morgan fingerprint density at radius 3 is 2.14 bits per heavy atom. The molecule has 2 heterocycles. The van der Waals surface area contributed by atoms with Gasteiger partial charge in [0.15, 0.2) is 29.0 Å². The Hall–Kier alpha value is -3.87. The van der Waals surface area contributed by atoms with Gasteiger partial charge in [-0.3, -0.25) is 0 Å². The van der Waals surface area contributed by atoms with Gasteiger partial charge in [0.05, 0.1) is 16.9 Å². The normalized spacial score (nSPS) is 15.8. The standard InChI is InChI=1S/C19H7F5N2O3/c20-12-10(13(21)15(23)16(24)14(12)22)9-7(5-25)18(26)29-17-6-3-1-2-4-8(6)28-19(27)11(9)17/h1-4,9H,26H2. The maximum atomic E-state index is 14.5. The van der Waals surface area contributed by atoms with E-state index in [4.69, 9.17) is 14.9 Å². The number of halogens is 5. The molecule has 5 nitrogen and oxygen atoms in total. The van der Waals surface area contributed by atoms with Gasteiger partial charge in [0.2, 0.25) is 11.7 Å². The van der Waals surface area contributed by atoms with Crippen LogP contribution in [0.25, 0.3) is 11.0 Å². The summed E-state index contributed by atoms with van der Waals surface area (Å²) >= 11 is 0. The molecular weight excluding hydrogens is 399 g/mol. The maximum Gasteiger partial charge on any atom is 0.344 e. The molecule has 10 heteroatoms. The van der Waals surface area contributed by atoms with Crippen molar-refractivity contribution in [2.75, 3.05) is 0 Å². The number of hydrogen-bond donors (Lipinski definition) is 1. The fourth-order valence-electron chi connectivity index (χ4n) is 3.23. The van der Waals surface area contributed by atoms with Crippen molar-refractivity contribution in [2.24, 2.45) is 5.73 Å². The van der Waals surface area contributed by atoms with Gasteiger partial charge in [-0.25, -0.2) is 26.7 Å². The number of allylic oxidation sites excluding steroid dienone is 1. The Labute approximate surface area is 158 Å². The van der Waals surface area contributed by atoms with Crippen molar-refractivity contribution in [1.29, 1.82) is 5.26 Å². The van der Waals surface area contributed by atoms with E-state index in [9.17, 15) is 32.0 Å². The molecule has 1 atom stereocenters. The minimum Gasteiger partial charge on any atom is -0.439 e. The lowest BCUT2D eigenvalue weighted by Gasteiger charge is -2.26. The number of rotatable bonds is 1. The lowest BCUT2D eigenvalue weighted by atomic mass is 9.83. The molecule has 2 aromatic carbocycles. The topological polar surface area (TPSA) is 89.3 Å². The minimum absolute atomic E-state index is 0.0284. The first-order chi connectivity index (χ1) is 13.8. The summed E-state index contributed by atoms with van der Waals surface area (Å²) in [6.07, 6.45) is 0. The van der Waals surface area contributed by atoms with Crippen molar-refractivity contribution in [3.05, 3.63) is 86.4 Å². The van der Waals surface area contributed by atoms with Crippen molar-refractivity contribution < 1.29 is 31.1 Å². The average Bonchev–Trinajstić information content (AvgIpc) is 2.70. The van der Waals surface area contributed by atoms with E-state index in [0.29, 0.717) is 0 Å². The number of nitrogens with two attached hydrogens (primary N) is 1. The molecule has 0 saturated heterocycles. The van der Waals surface area contributed by atoms with Crippen molar-refractivity contribution >= 4 is 11.0 Å². The zero-order valence-corrected chi connectivity index (χ0v) is 14.0. The van der Waals surface area contributed by atoms with Gasteiger partial charge in [-0.2, -0.15) is 5.26 Å². The van der Waals surface area contributed by atoms with Gasteiger partial charge in [-0.05, 0) is 12.1 Å². The van der Waals surface area contributed by atoms with Gasteiger partial charge < -0.3 is 14.9 Å². The number of fused-ring (bicyclic) bond motifs is 3. The molecule has 0 amide bonds. The first kappa shape index (κ1) is 18.5. The van der Waals surface area contributed by atoms with Crippen molar-refractivity contribution in [2.45, 2.75) is 5.92 Å². The van der Waals surface area contributed by atoms with Crippen molar-refractivity contribution in [1.82, 2.24) is 0 Å². The Bertz CT molecular complexity index is 1310. The molecule has 0 saturated carbocycles. The molecule has 0 fully saturated rings. The van der Waals surface area contributed by atoms with E-state index in [1.165, 1.54) is 30.3 Å². The Morgan fingerprint density at radius 2 is 1.52 bits per heavy atom. The summed E-state index contributed by atoms with van der Waals surface area (Å²) in [5.41, 5.74) is 1.79. The molecule has 3 aromatic rings. The van der Waals surface area contributed by atoms with E-state index in [1.807, 2.05) is 0 Å². The van der Waals surface area contributed by atoms with Crippen LogP contribution in [0.2, 0.25) is 0 Å². The Kier molecular flexibility index (Phi) is 4.04. The highest BCUT2D eigenvalue weighted by Crippen LogP contribution is 2.45. The molecule has 1 unspecified atom stereocenters. The fraction of sp³-hybridized carbons (Fsp3) is 0.0526. The molecular formula is C19H7F5N2O3. The van der Waals surface area contributed by atoms with Crippen LogP contribution < -0.4 is 16.1 Å². The molecule has 0 bridgehead atoms. The molecule has 0 spiro atoms. The van der Waals surface area contributed by atoms with E-state index < -0.39 is 63.2 Å². The highest BCUT2D eigenvalue weighted by atomic mass is 19.2. The Balaban J connectivity index is 2.18. The molecule has 146 valence electrons. The van der Waals surface area contributed by atoms with Gasteiger partial charge in [-0.1, -0.05) is 12.1 Å². The Morgan fingerprint density at radius 1 is 0.931 bits per heavy atom.